The van der Waals surface area contributed by atoms with Gasteiger partial charge in [-0.05, 0) is 49.2 Å². The Morgan fingerprint density at radius 1 is 1.08 bits per heavy atom. The minimum atomic E-state index is -0.949. The SMILES string of the molecule is Cc1nccn1-c1ccc(NC(=O)CCc2ccc(F)c(F)c2)cc1F. The summed E-state index contributed by atoms with van der Waals surface area (Å²) in [6.07, 6.45) is 3.53. The van der Waals surface area contributed by atoms with E-state index >= 15 is 0 Å². The number of benzene rings is 2. The maximum absolute atomic E-state index is 14.3. The molecule has 26 heavy (non-hydrogen) atoms. The number of aryl methyl sites for hydroxylation is 2. The number of carbonyl (C=O) groups is 1. The molecule has 1 amide bonds. The van der Waals surface area contributed by atoms with Crippen LogP contribution >= 0.6 is 0 Å². The molecule has 4 nitrogen and oxygen atoms in total. The molecule has 7 heteroatoms. The van der Waals surface area contributed by atoms with E-state index in [9.17, 15) is 18.0 Å². The van der Waals surface area contributed by atoms with Crippen LogP contribution in [0.4, 0.5) is 18.9 Å². The number of imidazole rings is 1. The minimum absolute atomic E-state index is 0.0646. The zero-order chi connectivity index (χ0) is 18.7. The molecule has 3 rings (SSSR count). The molecular weight excluding hydrogens is 343 g/mol. The molecule has 3 aromatic rings. The maximum Gasteiger partial charge on any atom is 0.224 e. The number of hydrogen-bond donors (Lipinski definition) is 1. The van der Waals surface area contributed by atoms with Gasteiger partial charge in [0.25, 0.3) is 0 Å². The van der Waals surface area contributed by atoms with E-state index in [1.165, 1.54) is 12.1 Å². The number of rotatable bonds is 5. The predicted octanol–water partition coefficient (Wildman–Crippen LogP) is 4.17. The molecule has 0 fully saturated rings. The van der Waals surface area contributed by atoms with E-state index in [1.54, 1.807) is 36.0 Å². The lowest BCUT2D eigenvalue weighted by molar-refractivity contribution is -0.116. The van der Waals surface area contributed by atoms with Crippen molar-refractivity contribution in [2.75, 3.05) is 5.32 Å². The molecule has 134 valence electrons. The fourth-order valence-corrected chi connectivity index (χ4v) is 2.59. The fourth-order valence-electron chi connectivity index (χ4n) is 2.59. The monoisotopic (exact) mass is 359 g/mol. The molecule has 0 radical (unpaired) electrons. The number of nitrogens with zero attached hydrogens (tertiary/aromatic N) is 2. The van der Waals surface area contributed by atoms with Crippen LogP contribution in [0.25, 0.3) is 5.69 Å². The van der Waals surface area contributed by atoms with Gasteiger partial charge in [0.15, 0.2) is 11.6 Å². The Hall–Kier alpha value is -3.09. The van der Waals surface area contributed by atoms with Crippen molar-refractivity contribution in [3.8, 4) is 5.69 Å². The van der Waals surface area contributed by atoms with Crippen LogP contribution in [0, 0.1) is 24.4 Å². The van der Waals surface area contributed by atoms with E-state index in [1.807, 2.05) is 0 Å². The third kappa shape index (κ3) is 3.93. The summed E-state index contributed by atoms with van der Waals surface area (Å²) in [6, 6.07) is 7.87. The van der Waals surface area contributed by atoms with Crippen molar-refractivity contribution in [1.82, 2.24) is 9.55 Å². The highest BCUT2D eigenvalue weighted by Gasteiger charge is 2.10. The average Bonchev–Trinajstić information content (AvgIpc) is 3.02. The largest absolute Gasteiger partial charge is 0.326 e. The Morgan fingerprint density at radius 2 is 1.88 bits per heavy atom. The van der Waals surface area contributed by atoms with Crippen LogP contribution in [-0.4, -0.2) is 15.5 Å². The van der Waals surface area contributed by atoms with Gasteiger partial charge in [-0.1, -0.05) is 6.07 Å². The first kappa shape index (κ1) is 17.7. The molecular formula is C19H16F3N3O. The Balaban J connectivity index is 1.63. The van der Waals surface area contributed by atoms with Crippen LogP contribution in [0.1, 0.15) is 17.8 Å². The number of carbonyl (C=O) groups excluding carboxylic acids is 1. The first-order valence-corrected chi connectivity index (χ1v) is 7.97. The molecule has 0 unspecified atom stereocenters. The molecule has 2 aromatic carbocycles. The van der Waals surface area contributed by atoms with E-state index in [0.29, 0.717) is 22.8 Å². The number of nitrogens with one attached hydrogen (secondary N) is 1. The van der Waals surface area contributed by atoms with Crippen molar-refractivity contribution in [2.24, 2.45) is 0 Å². The molecule has 0 aliphatic rings. The van der Waals surface area contributed by atoms with Crippen molar-refractivity contribution in [3.05, 3.63) is 77.6 Å². The van der Waals surface area contributed by atoms with Gasteiger partial charge < -0.3 is 9.88 Å². The molecule has 0 atom stereocenters. The van der Waals surface area contributed by atoms with E-state index in [4.69, 9.17) is 0 Å². The van der Waals surface area contributed by atoms with E-state index in [2.05, 4.69) is 10.3 Å². The van der Waals surface area contributed by atoms with Gasteiger partial charge in [-0.3, -0.25) is 4.79 Å². The molecule has 0 spiro atoms. The van der Waals surface area contributed by atoms with Crippen LogP contribution in [-0.2, 0) is 11.2 Å². The molecule has 0 aliphatic heterocycles. The second-order valence-electron chi connectivity index (χ2n) is 5.81. The third-order valence-electron chi connectivity index (χ3n) is 3.94. The average molecular weight is 359 g/mol. The van der Waals surface area contributed by atoms with Gasteiger partial charge >= 0.3 is 0 Å². The van der Waals surface area contributed by atoms with E-state index in [0.717, 1.165) is 12.1 Å². The second kappa shape index (κ2) is 7.43. The summed E-state index contributed by atoms with van der Waals surface area (Å²) in [5.74, 6) is -2.07. The topological polar surface area (TPSA) is 46.9 Å². The van der Waals surface area contributed by atoms with Crippen molar-refractivity contribution < 1.29 is 18.0 Å². The summed E-state index contributed by atoms with van der Waals surface area (Å²) in [5, 5.41) is 2.59. The van der Waals surface area contributed by atoms with Crippen LogP contribution in [0.3, 0.4) is 0 Å². The lowest BCUT2D eigenvalue weighted by Crippen LogP contribution is -2.13. The molecule has 0 aliphatic carbocycles. The first-order valence-electron chi connectivity index (χ1n) is 7.97. The van der Waals surface area contributed by atoms with Gasteiger partial charge in [0.2, 0.25) is 5.91 Å². The highest BCUT2D eigenvalue weighted by Crippen LogP contribution is 2.20. The third-order valence-corrected chi connectivity index (χ3v) is 3.94. The number of halogens is 3. The zero-order valence-electron chi connectivity index (χ0n) is 14.0. The minimum Gasteiger partial charge on any atom is -0.326 e. The lowest BCUT2D eigenvalue weighted by atomic mass is 10.1. The zero-order valence-corrected chi connectivity index (χ0v) is 14.0. The van der Waals surface area contributed by atoms with Gasteiger partial charge in [-0.2, -0.15) is 0 Å². The van der Waals surface area contributed by atoms with Crippen molar-refractivity contribution >= 4 is 11.6 Å². The molecule has 1 heterocycles. The van der Waals surface area contributed by atoms with Gasteiger partial charge in [-0.15, -0.1) is 0 Å². The summed E-state index contributed by atoms with van der Waals surface area (Å²) < 4.78 is 41.9. The van der Waals surface area contributed by atoms with Gasteiger partial charge in [0, 0.05) is 24.5 Å². The van der Waals surface area contributed by atoms with Crippen LogP contribution in [0.5, 0.6) is 0 Å². The molecule has 0 bridgehead atoms. The summed E-state index contributed by atoms with van der Waals surface area (Å²) in [4.78, 5) is 16.0. The van der Waals surface area contributed by atoms with Crippen LogP contribution in [0.2, 0.25) is 0 Å². The smallest absolute Gasteiger partial charge is 0.224 e. The summed E-state index contributed by atoms with van der Waals surface area (Å²) in [7, 11) is 0. The highest BCUT2D eigenvalue weighted by molar-refractivity contribution is 5.90. The summed E-state index contributed by atoms with van der Waals surface area (Å²) in [6.45, 7) is 1.76. The Kier molecular flexibility index (Phi) is 5.06. The van der Waals surface area contributed by atoms with Crippen LogP contribution < -0.4 is 5.32 Å². The fraction of sp³-hybridized carbons (Fsp3) is 0.158. The number of aromatic nitrogens is 2. The van der Waals surface area contributed by atoms with E-state index < -0.39 is 17.5 Å². The van der Waals surface area contributed by atoms with Gasteiger partial charge in [0.05, 0.1) is 5.69 Å². The normalized spacial score (nSPS) is 10.8. The predicted molar refractivity (Wildman–Crippen MR) is 91.6 cm³/mol. The van der Waals surface area contributed by atoms with Gasteiger partial charge in [-0.25, -0.2) is 18.2 Å². The number of anilines is 1. The van der Waals surface area contributed by atoms with E-state index in [-0.39, 0.29) is 18.7 Å². The summed E-state index contributed by atoms with van der Waals surface area (Å²) in [5.41, 5.74) is 1.16. The highest BCUT2D eigenvalue weighted by atomic mass is 19.2. The Morgan fingerprint density at radius 3 is 2.54 bits per heavy atom. The second-order valence-corrected chi connectivity index (χ2v) is 5.81. The summed E-state index contributed by atoms with van der Waals surface area (Å²) >= 11 is 0. The molecule has 0 saturated carbocycles. The number of amides is 1. The molecule has 0 saturated heterocycles. The molecule has 1 N–H and O–H groups in total. The lowest BCUT2D eigenvalue weighted by Gasteiger charge is -2.10. The Labute approximate surface area is 148 Å². The molecule has 1 aromatic heterocycles. The van der Waals surface area contributed by atoms with Crippen molar-refractivity contribution in [3.63, 3.8) is 0 Å². The van der Waals surface area contributed by atoms with Gasteiger partial charge in [0.1, 0.15) is 11.6 Å². The first-order chi connectivity index (χ1) is 12.4. The Bertz CT molecular complexity index is 953. The number of hydrogen-bond acceptors (Lipinski definition) is 2. The quantitative estimate of drug-likeness (QED) is 0.743. The van der Waals surface area contributed by atoms with Crippen LogP contribution in [0.15, 0.2) is 48.8 Å². The van der Waals surface area contributed by atoms with Crippen molar-refractivity contribution in [2.45, 2.75) is 19.8 Å². The van der Waals surface area contributed by atoms with Crippen molar-refractivity contribution in [1.29, 1.82) is 0 Å². The maximum atomic E-state index is 14.3. The standard InChI is InChI=1S/C19H16F3N3O/c1-12-23-8-9-25(12)18-6-4-14(11-17(18)22)24-19(26)7-3-13-2-5-15(20)16(21)10-13/h2,4-6,8-11H,3,7H2,1H3,(H,24,26).